The molecule has 0 saturated heterocycles. The minimum absolute atomic E-state index is 0.108. The summed E-state index contributed by atoms with van der Waals surface area (Å²) in [4.78, 5) is 0. The number of hydrogen-bond acceptors (Lipinski definition) is 0. The van der Waals surface area contributed by atoms with E-state index in [-0.39, 0.29) is 5.41 Å². The van der Waals surface area contributed by atoms with Crippen molar-refractivity contribution in [2.24, 2.45) is 5.41 Å². The van der Waals surface area contributed by atoms with E-state index in [1.807, 2.05) is 13.0 Å². The molecule has 0 aromatic rings. The Morgan fingerprint density at radius 2 is 1.92 bits per heavy atom. The predicted octanol–water partition coefficient (Wildman–Crippen LogP) is 3.87. The number of rotatable bonds is 1. The van der Waals surface area contributed by atoms with Gasteiger partial charge in [-0.15, -0.1) is 0 Å². The minimum atomic E-state index is -0.938. The van der Waals surface area contributed by atoms with Gasteiger partial charge in [-0.05, 0) is 44.9 Å². The summed E-state index contributed by atoms with van der Waals surface area (Å²) in [6.45, 7) is 5.90. The Labute approximate surface area is 74.9 Å². The molecule has 0 radical (unpaired) electrons. The van der Waals surface area contributed by atoms with Gasteiger partial charge in [0.15, 0.2) is 0 Å². The van der Waals surface area contributed by atoms with Gasteiger partial charge in [0, 0.05) is 0 Å². The van der Waals surface area contributed by atoms with Crippen LogP contribution in [0.5, 0.6) is 0 Å². The van der Waals surface area contributed by atoms with Gasteiger partial charge in [-0.3, -0.25) is 0 Å². The van der Waals surface area contributed by atoms with Crippen LogP contribution in [0.3, 0.4) is 0 Å². The molecule has 1 aliphatic rings. The van der Waals surface area contributed by atoms with E-state index in [0.717, 1.165) is 19.3 Å². The molecular formula is C11H19F. The molecular weight excluding hydrogens is 151 g/mol. The fraction of sp³-hybridized carbons (Fsp3) is 0.818. The van der Waals surface area contributed by atoms with Crippen LogP contribution in [0.1, 0.15) is 46.5 Å². The number of hydrogen-bond donors (Lipinski definition) is 0. The molecule has 0 N–H and O–H groups in total. The van der Waals surface area contributed by atoms with Crippen molar-refractivity contribution < 1.29 is 4.39 Å². The average Bonchev–Trinajstić information content (AvgIpc) is 1.83. The van der Waals surface area contributed by atoms with Crippen LogP contribution in [0.4, 0.5) is 4.39 Å². The first kappa shape index (κ1) is 9.76. The third-order valence-electron chi connectivity index (χ3n) is 2.79. The molecule has 70 valence electrons. The first-order valence-electron chi connectivity index (χ1n) is 4.80. The summed E-state index contributed by atoms with van der Waals surface area (Å²) in [6.07, 6.45) is 7.78. The first-order chi connectivity index (χ1) is 5.47. The van der Waals surface area contributed by atoms with Gasteiger partial charge in [-0.2, -0.15) is 0 Å². The highest BCUT2D eigenvalue weighted by Gasteiger charge is 2.37. The molecule has 1 rings (SSSR count). The number of allylic oxidation sites excluding steroid dienone is 2. The molecule has 12 heavy (non-hydrogen) atoms. The Kier molecular flexibility index (Phi) is 2.60. The first-order valence-corrected chi connectivity index (χ1v) is 4.80. The van der Waals surface area contributed by atoms with Gasteiger partial charge in [0.2, 0.25) is 0 Å². The van der Waals surface area contributed by atoms with Crippen LogP contribution in [0, 0.1) is 5.41 Å². The van der Waals surface area contributed by atoms with Crippen molar-refractivity contribution in [1.29, 1.82) is 0 Å². The molecule has 2 unspecified atom stereocenters. The highest BCUT2D eigenvalue weighted by molar-refractivity contribution is 5.02. The van der Waals surface area contributed by atoms with E-state index in [1.165, 1.54) is 0 Å². The summed E-state index contributed by atoms with van der Waals surface area (Å²) in [5.74, 6) is 0. The summed E-state index contributed by atoms with van der Waals surface area (Å²) in [6, 6.07) is 0. The van der Waals surface area contributed by atoms with Crippen LogP contribution >= 0.6 is 0 Å². The van der Waals surface area contributed by atoms with Crippen LogP contribution in [0.2, 0.25) is 0 Å². The summed E-state index contributed by atoms with van der Waals surface area (Å²) in [7, 11) is 0. The topological polar surface area (TPSA) is 0 Å². The van der Waals surface area contributed by atoms with Crippen LogP contribution in [0.15, 0.2) is 12.2 Å². The van der Waals surface area contributed by atoms with E-state index in [0.29, 0.717) is 6.42 Å². The van der Waals surface area contributed by atoms with Crippen molar-refractivity contribution in [2.75, 3.05) is 0 Å². The highest BCUT2D eigenvalue weighted by atomic mass is 19.1. The maximum Gasteiger partial charge on any atom is 0.109 e. The molecule has 0 amide bonds. The average molecular weight is 170 g/mol. The smallest absolute Gasteiger partial charge is 0.109 e. The molecule has 0 nitrogen and oxygen atoms in total. The normalized spacial score (nSPS) is 43.7. The van der Waals surface area contributed by atoms with Crippen LogP contribution in [-0.4, -0.2) is 5.67 Å². The van der Waals surface area contributed by atoms with Crippen molar-refractivity contribution in [2.45, 2.75) is 52.1 Å². The van der Waals surface area contributed by atoms with Gasteiger partial charge < -0.3 is 0 Å². The lowest BCUT2D eigenvalue weighted by Gasteiger charge is -2.38. The van der Waals surface area contributed by atoms with Gasteiger partial charge in [-0.1, -0.05) is 19.1 Å². The lowest BCUT2D eigenvalue weighted by Crippen LogP contribution is -2.33. The van der Waals surface area contributed by atoms with Gasteiger partial charge in [0.05, 0.1) is 0 Å². The molecule has 0 aliphatic heterocycles. The zero-order valence-electron chi connectivity index (χ0n) is 8.36. The Bertz CT molecular complexity index is 181. The second kappa shape index (κ2) is 3.20. The van der Waals surface area contributed by atoms with Gasteiger partial charge >= 0.3 is 0 Å². The molecule has 0 aromatic carbocycles. The second-order valence-electron chi connectivity index (χ2n) is 4.60. The molecule has 0 bridgehead atoms. The third-order valence-corrected chi connectivity index (χ3v) is 2.79. The molecule has 1 saturated carbocycles. The molecule has 1 aliphatic carbocycles. The largest absolute Gasteiger partial charge is 0.244 e. The van der Waals surface area contributed by atoms with Crippen molar-refractivity contribution in [3.8, 4) is 0 Å². The zero-order valence-corrected chi connectivity index (χ0v) is 8.36. The standard InChI is InChI=1S/C11H19F/c1-4-6-10(2)7-5-8-11(3,12)9-10/h4,6H,5,7-9H2,1-3H3/b6-4+. The maximum absolute atomic E-state index is 13.7. The fourth-order valence-electron chi connectivity index (χ4n) is 2.42. The fourth-order valence-corrected chi connectivity index (χ4v) is 2.42. The van der Waals surface area contributed by atoms with Gasteiger partial charge in [0.1, 0.15) is 5.67 Å². The van der Waals surface area contributed by atoms with Gasteiger partial charge in [0.25, 0.3) is 0 Å². The number of halogens is 1. The highest BCUT2D eigenvalue weighted by Crippen LogP contribution is 2.43. The lowest BCUT2D eigenvalue weighted by molar-refractivity contribution is 0.0692. The van der Waals surface area contributed by atoms with E-state index in [4.69, 9.17) is 0 Å². The molecule has 0 heterocycles. The van der Waals surface area contributed by atoms with Crippen LogP contribution < -0.4 is 0 Å². The Hall–Kier alpha value is -0.330. The van der Waals surface area contributed by atoms with Crippen LogP contribution in [-0.2, 0) is 0 Å². The van der Waals surface area contributed by atoms with E-state index >= 15 is 0 Å². The van der Waals surface area contributed by atoms with Crippen molar-refractivity contribution >= 4 is 0 Å². The monoisotopic (exact) mass is 170 g/mol. The summed E-state index contributed by atoms with van der Waals surface area (Å²) in [5.41, 5.74) is -0.830. The second-order valence-corrected chi connectivity index (χ2v) is 4.60. The predicted molar refractivity (Wildman–Crippen MR) is 50.9 cm³/mol. The van der Waals surface area contributed by atoms with Gasteiger partial charge in [-0.25, -0.2) is 4.39 Å². The molecule has 1 heteroatoms. The Balaban J connectivity index is 2.67. The number of alkyl halides is 1. The molecule has 2 atom stereocenters. The quantitative estimate of drug-likeness (QED) is 0.524. The summed E-state index contributed by atoms with van der Waals surface area (Å²) in [5, 5.41) is 0. The SMILES string of the molecule is C/C=C/C1(C)CCCC(C)(F)C1. The van der Waals surface area contributed by atoms with E-state index in [2.05, 4.69) is 13.0 Å². The van der Waals surface area contributed by atoms with E-state index in [9.17, 15) is 4.39 Å². The molecule has 0 spiro atoms. The molecule has 0 aromatic heterocycles. The minimum Gasteiger partial charge on any atom is -0.244 e. The van der Waals surface area contributed by atoms with E-state index in [1.54, 1.807) is 6.92 Å². The summed E-state index contributed by atoms with van der Waals surface area (Å²) < 4.78 is 13.7. The third kappa shape index (κ3) is 2.33. The Morgan fingerprint density at radius 3 is 2.42 bits per heavy atom. The Morgan fingerprint density at radius 1 is 1.25 bits per heavy atom. The maximum atomic E-state index is 13.7. The zero-order chi connectivity index (χ0) is 9.24. The van der Waals surface area contributed by atoms with E-state index < -0.39 is 5.67 Å². The molecule has 1 fully saturated rings. The van der Waals surface area contributed by atoms with Crippen molar-refractivity contribution in [3.05, 3.63) is 12.2 Å². The lowest BCUT2D eigenvalue weighted by atomic mass is 9.70. The van der Waals surface area contributed by atoms with Crippen molar-refractivity contribution in [1.82, 2.24) is 0 Å². The van der Waals surface area contributed by atoms with Crippen LogP contribution in [0.25, 0.3) is 0 Å². The summed E-state index contributed by atoms with van der Waals surface area (Å²) >= 11 is 0. The van der Waals surface area contributed by atoms with Crippen molar-refractivity contribution in [3.63, 3.8) is 0 Å².